The van der Waals surface area contributed by atoms with Gasteiger partial charge >= 0.3 is 0 Å². The van der Waals surface area contributed by atoms with Crippen molar-refractivity contribution in [1.82, 2.24) is 10.0 Å². The number of nitrogens with one attached hydrogen (secondary N) is 2. The molecule has 18 heavy (non-hydrogen) atoms. The molecule has 4 nitrogen and oxygen atoms in total. The van der Waals surface area contributed by atoms with E-state index in [9.17, 15) is 8.42 Å². The lowest BCUT2D eigenvalue weighted by Crippen LogP contribution is -2.31. The standard InChI is InChI=1S/C13H22N2O2S/c1-3-12-7-5-6-8-13(12)11-14-9-10-18(16,17)15-4-2/h5-8,14-15H,3-4,9-11H2,1-2H3. The number of hydrogen-bond donors (Lipinski definition) is 2. The number of benzene rings is 1. The quantitative estimate of drug-likeness (QED) is 0.700. The summed E-state index contributed by atoms with van der Waals surface area (Å²) in [5, 5.41) is 3.17. The third-order valence-corrected chi connectivity index (χ3v) is 4.20. The summed E-state index contributed by atoms with van der Waals surface area (Å²) in [7, 11) is -3.11. The second-order valence-corrected chi connectivity index (χ2v) is 6.04. The topological polar surface area (TPSA) is 58.2 Å². The zero-order chi connectivity index (χ0) is 13.4. The fraction of sp³-hybridized carbons (Fsp3) is 0.538. The van der Waals surface area contributed by atoms with Gasteiger partial charge in [-0.25, -0.2) is 13.1 Å². The first-order valence-electron chi connectivity index (χ1n) is 6.34. The summed E-state index contributed by atoms with van der Waals surface area (Å²) in [5.41, 5.74) is 2.54. The molecule has 0 heterocycles. The largest absolute Gasteiger partial charge is 0.312 e. The molecule has 0 saturated carbocycles. The Kier molecular flexibility index (Phi) is 6.32. The molecule has 0 fully saturated rings. The third-order valence-electron chi connectivity index (χ3n) is 2.73. The van der Waals surface area contributed by atoms with Gasteiger partial charge in [0.15, 0.2) is 0 Å². The van der Waals surface area contributed by atoms with Crippen molar-refractivity contribution >= 4 is 10.0 Å². The Hall–Kier alpha value is -0.910. The van der Waals surface area contributed by atoms with Gasteiger partial charge in [-0.05, 0) is 17.5 Å². The lowest BCUT2D eigenvalue weighted by Gasteiger charge is -2.09. The summed E-state index contributed by atoms with van der Waals surface area (Å²) in [6.07, 6.45) is 0.994. The molecule has 2 N–H and O–H groups in total. The minimum atomic E-state index is -3.11. The van der Waals surface area contributed by atoms with Gasteiger partial charge < -0.3 is 5.32 Å². The van der Waals surface area contributed by atoms with Gasteiger partial charge in [-0.2, -0.15) is 0 Å². The molecule has 0 saturated heterocycles. The van der Waals surface area contributed by atoms with E-state index in [4.69, 9.17) is 0 Å². The molecule has 0 aromatic heterocycles. The Labute approximate surface area is 110 Å². The number of rotatable bonds is 8. The molecule has 1 aromatic carbocycles. The van der Waals surface area contributed by atoms with Crippen molar-refractivity contribution in [1.29, 1.82) is 0 Å². The second-order valence-electron chi connectivity index (χ2n) is 4.12. The van der Waals surface area contributed by atoms with Gasteiger partial charge in [0.1, 0.15) is 0 Å². The molecule has 0 atom stereocenters. The summed E-state index contributed by atoms with van der Waals surface area (Å²) in [6.45, 7) is 5.52. The van der Waals surface area contributed by atoms with Crippen LogP contribution >= 0.6 is 0 Å². The van der Waals surface area contributed by atoms with Crippen LogP contribution in [-0.2, 0) is 23.0 Å². The van der Waals surface area contributed by atoms with E-state index in [1.807, 2.05) is 12.1 Å². The lowest BCUT2D eigenvalue weighted by molar-refractivity contribution is 0.578. The van der Waals surface area contributed by atoms with Crippen LogP contribution in [0.1, 0.15) is 25.0 Å². The summed E-state index contributed by atoms with van der Waals surface area (Å²) < 4.78 is 25.3. The van der Waals surface area contributed by atoms with E-state index in [1.165, 1.54) is 11.1 Å². The van der Waals surface area contributed by atoms with Crippen LogP contribution in [0.4, 0.5) is 0 Å². The zero-order valence-corrected chi connectivity index (χ0v) is 11.9. The van der Waals surface area contributed by atoms with Crippen molar-refractivity contribution < 1.29 is 8.42 Å². The van der Waals surface area contributed by atoms with E-state index in [0.717, 1.165) is 6.42 Å². The number of aryl methyl sites for hydroxylation is 1. The molecule has 0 unspecified atom stereocenters. The van der Waals surface area contributed by atoms with Gasteiger partial charge in [0.25, 0.3) is 0 Å². The monoisotopic (exact) mass is 270 g/mol. The molecule has 0 amide bonds. The maximum absolute atomic E-state index is 11.4. The third kappa shape index (κ3) is 5.16. The highest BCUT2D eigenvalue weighted by molar-refractivity contribution is 7.89. The first kappa shape index (κ1) is 15.1. The molecule has 1 rings (SSSR count). The Balaban J connectivity index is 2.38. The smallest absolute Gasteiger partial charge is 0.212 e. The normalized spacial score (nSPS) is 11.7. The fourth-order valence-electron chi connectivity index (χ4n) is 1.80. The number of hydrogen-bond acceptors (Lipinski definition) is 3. The molecule has 102 valence electrons. The van der Waals surface area contributed by atoms with Crippen LogP contribution in [0.15, 0.2) is 24.3 Å². The average molecular weight is 270 g/mol. The molecule has 0 bridgehead atoms. The molecule has 0 aliphatic rings. The summed E-state index contributed by atoms with van der Waals surface area (Å²) in [6, 6.07) is 8.21. The van der Waals surface area contributed by atoms with E-state index in [-0.39, 0.29) is 5.75 Å². The Morgan fingerprint density at radius 2 is 1.78 bits per heavy atom. The van der Waals surface area contributed by atoms with Gasteiger partial charge in [-0.1, -0.05) is 38.1 Å². The van der Waals surface area contributed by atoms with Gasteiger partial charge in [-0.3, -0.25) is 0 Å². The van der Waals surface area contributed by atoms with Crippen molar-refractivity contribution in [3.05, 3.63) is 35.4 Å². The summed E-state index contributed by atoms with van der Waals surface area (Å²) in [4.78, 5) is 0. The van der Waals surface area contributed by atoms with Gasteiger partial charge in [-0.15, -0.1) is 0 Å². The van der Waals surface area contributed by atoms with E-state index in [2.05, 4.69) is 29.1 Å². The maximum Gasteiger partial charge on any atom is 0.212 e. The Morgan fingerprint density at radius 1 is 1.11 bits per heavy atom. The highest BCUT2D eigenvalue weighted by Gasteiger charge is 2.07. The SMILES string of the molecule is CCNS(=O)(=O)CCNCc1ccccc1CC. The van der Waals surface area contributed by atoms with Crippen LogP contribution < -0.4 is 10.0 Å². The van der Waals surface area contributed by atoms with Crippen LogP contribution in [0.5, 0.6) is 0 Å². The van der Waals surface area contributed by atoms with Crippen LogP contribution in [0.25, 0.3) is 0 Å². The minimum absolute atomic E-state index is 0.120. The highest BCUT2D eigenvalue weighted by Crippen LogP contribution is 2.08. The van der Waals surface area contributed by atoms with Crippen molar-refractivity contribution in [3.8, 4) is 0 Å². The average Bonchev–Trinajstić information content (AvgIpc) is 2.35. The first-order valence-corrected chi connectivity index (χ1v) is 7.99. The van der Waals surface area contributed by atoms with Crippen LogP contribution in [-0.4, -0.2) is 27.3 Å². The number of sulfonamides is 1. The van der Waals surface area contributed by atoms with E-state index in [1.54, 1.807) is 6.92 Å². The van der Waals surface area contributed by atoms with Crippen molar-refractivity contribution in [3.63, 3.8) is 0 Å². The van der Waals surface area contributed by atoms with Gasteiger partial charge in [0, 0.05) is 19.6 Å². The zero-order valence-electron chi connectivity index (χ0n) is 11.1. The van der Waals surface area contributed by atoms with Crippen molar-refractivity contribution in [2.45, 2.75) is 26.8 Å². The van der Waals surface area contributed by atoms with E-state index in [0.29, 0.717) is 19.6 Å². The molecular formula is C13H22N2O2S. The molecule has 0 radical (unpaired) electrons. The second kappa shape index (κ2) is 7.51. The molecule has 0 aliphatic carbocycles. The first-order chi connectivity index (χ1) is 8.59. The molecule has 1 aromatic rings. The van der Waals surface area contributed by atoms with E-state index >= 15 is 0 Å². The highest BCUT2D eigenvalue weighted by atomic mass is 32.2. The predicted octanol–water partition coefficient (Wildman–Crippen LogP) is 1.28. The van der Waals surface area contributed by atoms with Gasteiger partial charge in [0.05, 0.1) is 5.75 Å². The van der Waals surface area contributed by atoms with Crippen molar-refractivity contribution in [2.24, 2.45) is 0 Å². The minimum Gasteiger partial charge on any atom is -0.312 e. The van der Waals surface area contributed by atoms with Crippen LogP contribution in [0.2, 0.25) is 0 Å². The fourth-order valence-corrected chi connectivity index (χ4v) is 2.79. The Bertz CT molecular complexity index is 458. The van der Waals surface area contributed by atoms with Gasteiger partial charge in [0.2, 0.25) is 10.0 Å². The van der Waals surface area contributed by atoms with Crippen LogP contribution in [0.3, 0.4) is 0 Å². The predicted molar refractivity (Wildman–Crippen MR) is 75.0 cm³/mol. The maximum atomic E-state index is 11.4. The Morgan fingerprint density at radius 3 is 2.39 bits per heavy atom. The molecule has 0 spiro atoms. The molecule has 5 heteroatoms. The summed E-state index contributed by atoms with van der Waals surface area (Å²) in [5.74, 6) is 0.120. The summed E-state index contributed by atoms with van der Waals surface area (Å²) >= 11 is 0. The molecule has 0 aliphatic heterocycles. The van der Waals surface area contributed by atoms with Crippen LogP contribution in [0, 0.1) is 0 Å². The lowest BCUT2D eigenvalue weighted by atomic mass is 10.1. The van der Waals surface area contributed by atoms with Crippen molar-refractivity contribution in [2.75, 3.05) is 18.8 Å². The van der Waals surface area contributed by atoms with E-state index < -0.39 is 10.0 Å². The molecular weight excluding hydrogens is 248 g/mol.